The summed E-state index contributed by atoms with van der Waals surface area (Å²) in [6, 6.07) is 0. The number of hydrogen-bond acceptors (Lipinski definition) is 3. The van der Waals surface area contributed by atoms with E-state index < -0.39 is 0 Å². The summed E-state index contributed by atoms with van der Waals surface area (Å²) in [5.74, 6) is 0. The molecule has 0 aromatic carbocycles. The fourth-order valence-electron chi connectivity index (χ4n) is 0.360. The first-order valence-electron chi connectivity index (χ1n) is 2.01. The highest BCUT2D eigenvalue weighted by Gasteiger charge is 2.04. The average molecular weight is 182 g/mol. The zero-order chi connectivity index (χ0) is 6.85. The van der Waals surface area contributed by atoms with E-state index in [4.69, 9.17) is 23.2 Å². The van der Waals surface area contributed by atoms with Gasteiger partial charge in [0.25, 0.3) is 0 Å². The molecule has 0 atom stereocenters. The second-order valence-corrected chi connectivity index (χ2v) is 3.43. The molecule has 0 radical (unpaired) electrons. The predicted octanol–water partition coefficient (Wildman–Crippen LogP) is 2.26. The van der Waals surface area contributed by atoms with Gasteiger partial charge in [0.2, 0.25) is 0 Å². The number of carbonyl (C=O) groups is 1. The van der Waals surface area contributed by atoms with Crippen LogP contribution in [0.15, 0.2) is 0 Å². The summed E-state index contributed by atoms with van der Waals surface area (Å²) >= 11 is 12.0. The summed E-state index contributed by atoms with van der Waals surface area (Å²) in [4.78, 5) is 13.7. The number of nitrogens with zero attached hydrogens (tertiary/aromatic N) is 1. The van der Waals surface area contributed by atoms with Crippen LogP contribution in [0.1, 0.15) is 10.5 Å². The summed E-state index contributed by atoms with van der Waals surface area (Å²) in [5, 5.41) is 0. The van der Waals surface area contributed by atoms with E-state index in [1.54, 1.807) is 0 Å². The largest absolute Gasteiger partial charge is 0.296 e. The highest BCUT2D eigenvalue weighted by Crippen LogP contribution is 2.25. The molecule has 1 heterocycles. The number of thiazole rings is 1. The van der Waals surface area contributed by atoms with Gasteiger partial charge in [0.15, 0.2) is 10.8 Å². The maximum atomic E-state index is 10.0. The quantitative estimate of drug-likeness (QED) is 0.623. The molecule has 0 aliphatic carbocycles. The van der Waals surface area contributed by atoms with Crippen molar-refractivity contribution in [2.75, 3.05) is 0 Å². The van der Waals surface area contributed by atoms with E-state index in [9.17, 15) is 4.79 Å². The SMILES string of the molecule is O=Cc1nc(Cl)sc1Cl. The molecule has 0 saturated carbocycles. The van der Waals surface area contributed by atoms with Crippen LogP contribution in [0.4, 0.5) is 0 Å². The molecule has 0 saturated heterocycles. The van der Waals surface area contributed by atoms with Crippen molar-refractivity contribution in [2.24, 2.45) is 0 Å². The summed E-state index contributed by atoms with van der Waals surface area (Å²) in [6.45, 7) is 0. The predicted molar refractivity (Wildman–Crippen MR) is 37.5 cm³/mol. The molecule has 9 heavy (non-hydrogen) atoms. The van der Waals surface area contributed by atoms with E-state index in [0.29, 0.717) is 15.1 Å². The molecule has 2 nitrogen and oxygen atoms in total. The molecule has 1 rings (SSSR count). The topological polar surface area (TPSA) is 30.0 Å². The van der Waals surface area contributed by atoms with Crippen molar-refractivity contribution in [1.29, 1.82) is 0 Å². The number of aromatic nitrogens is 1. The van der Waals surface area contributed by atoms with E-state index in [1.165, 1.54) is 0 Å². The number of halogens is 2. The maximum absolute atomic E-state index is 10.0. The lowest BCUT2D eigenvalue weighted by Gasteiger charge is -1.73. The van der Waals surface area contributed by atoms with Crippen LogP contribution in [0.25, 0.3) is 0 Å². The van der Waals surface area contributed by atoms with Crippen LogP contribution in [-0.4, -0.2) is 11.3 Å². The van der Waals surface area contributed by atoms with E-state index in [1.807, 2.05) is 0 Å². The molecule has 0 aliphatic rings. The van der Waals surface area contributed by atoms with Gasteiger partial charge in [-0.15, -0.1) is 0 Å². The zero-order valence-corrected chi connectivity index (χ0v) is 6.43. The van der Waals surface area contributed by atoms with Crippen LogP contribution < -0.4 is 0 Å². The highest BCUT2D eigenvalue weighted by atomic mass is 35.5. The molecule has 0 bridgehead atoms. The average Bonchev–Trinajstić information content (AvgIpc) is 2.10. The Morgan fingerprint density at radius 1 is 1.56 bits per heavy atom. The van der Waals surface area contributed by atoms with Gasteiger partial charge < -0.3 is 0 Å². The second-order valence-electron chi connectivity index (χ2n) is 1.24. The third-order valence-electron chi connectivity index (χ3n) is 0.695. The van der Waals surface area contributed by atoms with Gasteiger partial charge in [0.05, 0.1) is 0 Å². The second kappa shape index (κ2) is 2.64. The van der Waals surface area contributed by atoms with Crippen molar-refractivity contribution in [2.45, 2.75) is 0 Å². The Morgan fingerprint density at radius 2 is 2.22 bits per heavy atom. The number of aldehydes is 1. The monoisotopic (exact) mass is 181 g/mol. The smallest absolute Gasteiger partial charge is 0.185 e. The van der Waals surface area contributed by atoms with E-state index in [-0.39, 0.29) is 5.69 Å². The molecule has 5 heteroatoms. The van der Waals surface area contributed by atoms with Gasteiger partial charge in [0.1, 0.15) is 10.0 Å². The summed E-state index contributed by atoms with van der Waals surface area (Å²) in [7, 11) is 0. The van der Waals surface area contributed by atoms with Crippen LogP contribution in [0, 0.1) is 0 Å². The summed E-state index contributed by atoms with van der Waals surface area (Å²) in [6.07, 6.45) is 0.574. The van der Waals surface area contributed by atoms with Crippen molar-refractivity contribution in [3.05, 3.63) is 14.5 Å². The van der Waals surface area contributed by atoms with Gasteiger partial charge in [-0.1, -0.05) is 34.5 Å². The highest BCUT2D eigenvalue weighted by molar-refractivity contribution is 7.19. The Balaban J connectivity index is 3.15. The molecular formula is C4HCl2NOS. The summed E-state index contributed by atoms with van der Waals surface area (Å²) in [5.41, 5.74) is 0.215. The molecule has 48 valence electrons. The van der Waals surface area contributed by atoms with E-state index in [0.717, 1.165) is 11.3 Å². The third kappa shape index (κ3) is 1.41. The lowest BCUT2D eigenvalue weighted by molar-refractivity contribution is 0.112. The lowest BCUT2D eigenvalue weighted by Crippen LogP contribution is -1.76. The number of carbonyl (C=O) groups excluding carboxylic acids is 1. The lowest BCUT2D eigenvalue weighted by atomic mass is 10.6. The zero-order valence-electron chi connectivity index (χ0n) is 4.10. The fraction of sp³-hybridized carbons (Fsp3) is 0. The molecule has 1 aromatic rings. The number of hydrogen-bond donors (Lipinski definition) is 0. The molecule has 1 aromatic heterocycles. The maximum Gasteiger partial charge on any atom is 0.185 e. The van der Waals surface area contributed by atoms with Crippen LogP contribution in [0.3, 0.4) is 0 Å². The molecule has 0 N–H and O–H groups in total. The molecule has 0 spiro atoms. The van der Waals surface area contributed by atoms with Gasteiger partial charge in [-0.2, -0.15) is 0 Å². The van der Waals surface area contributed by atoms with E-state index in [2.05, 4.69) is 4.98 Å². The van der Waals surface area contributed by atoms with Crippen molar-refractivity contribution in [1.82, 2.24) is 4.98 Å². The van der Waals surface area contributed by atoms with Gasteiger partial charge in [0, 0.05) is 0 Å². The van der Waals surface area contributed by atoms with Crippen LogP contribution in [-0.2, 0) is 0 Å². The Bertz CT molecular complexity index is 234. The van der Waals surface area contributed by atoms with Gasteiger partial charge >= 0.3 is 0 Å². The number of rotatable bonds is 1. The van der Waals surface area contributed by atoms with Crippen molar-refractivity contribution in [3.8, 4) is 0 Å². The Labute approximate surface area is 65.4 Å². The van der Waals surface area contributed by atoms with Crippen molar-refractivity contribution < 1.29 is 4.79 Å². The minimum atomic E-state index is 0.215. The van der Waals surface area contributed by atoms with Crippen molar-refractivity contribution in [3.63, 3.8) is 0 Å². The van der Waals surface area contributed by atoms with E-state index >= 15 is 0 Å². The normalized spacial score (nSPS) is 9.56. The Hall–Kier alpha value is -0.120. The first-order valence-corrected chi connectivity index (χ1v) is 3.58. The van der Waals surface area contributed by atoms with Gasteiger partial charge in [-0.3, -0.25) is 4.79 Å². The fourth-order valence-corrected chi connectivity index (χ4v) is 1.60. The molecule has 0 aliphatic heterocycles. The third-order valence-corrected chi connectivity index (χ3v) is 2.08. The first kappa shape index (κ1) is 6.99. The van der Waals surface area contributed by atoms with Crippen LogP contribution >= 0.6 is 34.5 Å². The van der Waals surface area contributed by atoms with Gasteiger partial charge in [-0.05, 0) is 0 Å². The summed E-state index contributed by atoms with van der Waals surface area (Å²) < 4.78 is 0.636. The molecule has 0 amide bonds. The van der Waals surface area contributed by atoms with Crippen LogP contribution in [0.5, 0.6) is 0 Å². The van der Waals surface area contributed by atoms with Gasteiger partial charge in [-0.25, -0.2) is 4.98 Å². The first-order chi connectivity index (χ1) is 4.24. The molecule has 0 unspecified atom stereocenters. The molecule has 0 fully saturated rings. The van der Waals surface area contributed by atoms with Crippen molar-refractivity contribution >= 4 is 40.8 Å². The minimum Gasteiger partial charge on any atom is -0.296 e. The Kier molecular flexibility index (Phi) is 2.05. The standard InChI is InChI=1S/C4HCl2NOS/c5-3-2(1-8)7-4(6)9-3/h1H. The molecular weight excluding hydrogens is 181 g/mol. The Morgan fingerprint density at radius 3 is 2.44 bits per heavy atom. The van der Waals surface area contributed by atoms with Crippen LogP contribution in [0.2, 0.25) is 8.80 Å². The minimum absolute atomic E-state index is 0.215.